The predicted molar refractivity (Wildman–Crippen MR) is 70.8 cm³/mol. The molecule has 1 saturated heterocycles. The molecule has 19 heavy (non-hydrogen) atoms. The van der Waals surface area contributed by atoms with Crippen LogP contribution in [0.1, 0.15) is 5.82 Å². The molecule has 2 aromatic rings. The molecule has 1 aliphatic rings. The minimum atomic E-state index is 0.528. The molecule has 100 valence electrons. The van der Waals surface area contributed by atoms with E-state index in [9.17, 15) is 0 Å². The third-order valence-corrected chi connectivity index (χ3v) is 3.28. The van der Waals surface area contributed by atoms with Gasteiger partial charge in [0.05, 0.1) is 19.8 Å². The van der Waals surface area contributed by atoms with Crippen LogP contribution in [0.4, 0.5) is 0 Å². The average Bonchev–Trinajstić information content (AvgIpc) is 2.89. The van der Waals surface area contributed by atoms with E-state index >= 15 is 0 Å². The number of nitrogens with zero attached hydrogens (tertiary/aromatic N) is 3. The SMILES string of the molecule is Clc1ccc(-c2nc(CN3CCOCC3)no2)cc1. The van der Waals surface area contributed by atoms with E-state index in [0.29, 0.717) is 23.3 Å². The number of hydrogen-bond donors (Lipinski definition) is 0. The zero-order valence-electron chi connectivity index (χ0n) is 10.4. The standard InChI is InChI=1S/C13H14ClN3O2/c14-11-3-1-10(2-4-11)13-15-12(16-19-13)9-17-5-7-18-8-6-17/h1-4H,5-9H2. The third-order valence-electron chi connectivity index (χ3n) is 3.03. The highest BCUT2D eigenvalue weighted by Gasteiger charge is 2.15. The fraction of sp³-hybridized carbons (Fsp3) is 0.385. The van der Waals surface area contributed by atoms with Crippen molar-refractivity contribution >= 4 is 11.6 Å². The molecule has 0 atom stereocenters. The molecule has 5 nitrogen and oxygen atoms in total. The first-order valence-corrected chi connectivity index (χ1v) is 6.58. The van der Waals surface area contributed by atoms with Gasteiger partial charge in [0.2, 0.25) is 0 Å². The fourth-order valence-electron chi connectivity index (χ4n) is 1.99. The zero-order chi connectivity index (χ0) is 13.1. The maximum atomic E-state index is 5.85. The number of rotatable bonds is 3. The summed E-state index contributed by atoms with van der Waals surface area (Å²) in [5.74, 6) is 1.23. The summed E-state index contributed by atoms with van der Waals surface area (Å²) in [7, 11) is 0. The van der Waals surface area contributed by atoms with E-state index in [2.05, 4.69) is 15.0 Å². The van der Waals surface area contributed by atoms with Crippen molar-refractivity contribution in [2.75, 3.05) is 26.3 Å². The number of ether oxygens (including phenoxy) is 1. The minimum Gasteiger partial charge on any atom is -0.379 e. The highest BCUT2D eigenvalue weighted by atomic mass is 35.5. The lowest BCUT2D eigenvalue weighted by Gasteiger charge is -2.24. The molecule has 0 spiro atoms. The van der Waals surface area contributed by atoms with E-state index < -0.39 is 0 Å². The first kappa shape index (κ1) is 12.6. The van der Waals surface area contributed by atoms with Crippen LogP contribution in [0.2, 0.25) is 5.02 Å². The van der Waals surface area contributed by atoms with E-state index in [0.717, 1.165) is 31.9 Å². The molecule has 1 aromatic heterocycles. The van der Waals surface area contributed by atoms with Gasteiger partial charge in [-0.2, -0.15) is 4.98 Å². The van der Waals surface area contributed by atoms with Crippen LogP contribution in [0.15, 0.2) is 28.8 Å². The first-order chi connectivity index (χ1) is 9.31. The van der Waals surface area contributed by atoms with Crippen molar-refractivity contribution in [3.8, 4) is 11.5 Å². The average molecular weight is 280 g/mol. The summed E-state index contributed by atoms with van der Waals surface area (Å²) in [6.45, 7) is 4.04. The van der Waals surface area contributed by atoms with Crippen molar-refractivity contribution in [2.45, 2.75) is 6.54 Å². The van der Waals surface area contributed by atoms with Crippen molar-refractivity contribution in [3.63, 3.8) is 0 Å². The molecule has 6 heteroatoms. The first-order valence-electron chi connectivity index (χ1n) is 6.20. The molecule has 0 radical (unpaired) electrons. The van der Waals surface area contributed by atoms with Gasteiger partial charge in [0.15, 0.2) is 5.82 Å². The van der Waals surface area contributed by atoms with Crippen LogP contribution >= 0.6 is 11.6 Å². The summed E-state index contributed by atoms with van der Waals surface area (Å²) in [6.07, 6.45) is 0. The Bertz CT molecular complexity index is 535. The Morgan fingerprint density at radius 3 is 2.63 bits per heavy atom. The Labute approximate surface area is 116 Å². The zero-order valence-corrected chi connectivity index (χ0v) is 11.1. The number of halogens is 1. The summed E-state index contributed by atoms with van der Waals surface area (Å²) in [5.41, 5.74) is 0.880. The number of morpholine rings is 1. The fourth-order valence-corrected chi connectivity index (χ4v) is 2.11. The van der Waals surface area contributed by atoms with Crippen LogP contribution < -0.4 is 0 Å². The van der Waals surface area contributed by atoms with E-state index in [-0.39, 0.29) is 0 Å². The molecule has 1 aliphatic heterocycles. The molecule has 0 saturated carbocycles. The second-order valence-electron chi connectivity index (χ2n) is 4.41. The Morgan fingerprint density at radius 1 is 1.16 bits per heavy atom. The van der Waals surface area contributed by atoms with Crippen molar-refractivity contribution in [1.82, 2.24) is 15.0 Å². The molecule has 0 N–H and O–H groups in total. The van der Waals surface area contributed by atoms with Gasteiger partial charge in [0.1, 0.15) is 0 Å². The molecule has 2 heterocycles. The number of aromatic nitrogens is 2. The molecule has 1 aromatic carbocycles. The lowest BCUT2D eigenvalue weighted by molar-refractivity contribution is 0.0327. The monoisotopic (exact) mass is 279 g/mol. The van der Waals surface area contributed by atoms with Crippen LogP contribution in [0.25, 0.3) is 11.5 Å². The van der Waals surface area contributed by atoms with Gasteiger partial charge in [-0.15, -0.1) is 0 Å². The van der Waals surface area contributed by atoms with Crippen molar-refractivity contribution in [2.24, 2.45) is 0 Å². The van der Waals surface area contributed by atoms with E-state index in [1.165, 1.54) is 0 Å². The quantitative estimate of drug-likeness (QED) is 0.862. The van der Waals surface area contributed by atoms with Gasteiger partial charge in [-0.1, -0.05) is 16.8 Å². The highest BCUT2D eigenvalue weighted by molar-refractivity contribution is 6.30. The Hall–Kier alpha value is -1.43. The van der Waals surface area contributed by atoms with Crippen LogP contribution in [-0.2, 0) is 11.3 Å². The summed E-state index contributed by atoms with van der Waals surface area (Å²) in [4.78, 5) is 6.65. The van der Waals surface area contributed by atoms with Gasteiger partial charge in [-0.05, 0) is 24.3 Å². The topological polar surface area (TPSA) is 51.4 Å². The molecule has 0 bridgehead atoms. The Kier molecular flexibility index (Phi) is 3.77. The predicted octanol–water partition coefficient (Wildman–Crippen LogP) is 2.22. The van der Waals surface area contributed by atoms with Gasteiger partial charge in [-0.25, -0.2) is 0 Å². The Morgan fingerprint density at radius 2 is 1.89 bits per heavy atom. The van der Waals surface area contributed by atoms with Gasteiger partial charge in [0.25, 0.3) is 5.89 Å². The van der Waals surface area contributed by atoms with Gasteiger partial charge < -0.3 is 9.26 Å². The molecule has 3 rings (SSSR count). The van der Waals surface area contributed by atoms with Crippen molar-refractivity contribution in [3.05, 3.63) is 35.1 Å². The lowest BCUT2D eigenvalue weighted by Crippen LogP contribution is -2.35. The van der Waals surface area contributed by atoms with Crippen molar-refractivity contribution in [1.29, 1.82) is 0 Å². The van der Waals surface area contributed by atoms with Crippen LogP contribution in [0.5, 0.6) is 0 Å². The minimum absolute atomic E-state index is 0.528. The second kappa shape index (κ2) is 5.69. The van der Waals surface area contributed by atoms with Crippen LogP contribution in [0.3, 0.4) is 0 Å². The lowest BCUT2D eigenvalue weighted by atomic mass is 10.2. The summed E-state index contributed by atoms with van der Waals surface area (Å²) in [6, 6.07) is 7.36. The maximum Gasteiger partial charge on any atom is 0.257 e. The molecule has 1 fully saturated rings. The maximum absolute atomic E-state index is 5.85. The molecular formula is C13H14ClN3O2. The van der Waals surface area contributed by atoms with Gasteiger partial charge in [0, 0.05) is 23.7 Å². The smallest absolute Gasteiger partial charge is 0.257 e. The molecule has 0 amide bonds. The summed E-state index contributed by atoms with van der Waals surface area (Å²) in [5, 5.41) is 4.70. The third kappa shape index (κ3) is 3.12. The summed E-state index contributed by atoms with van der Waals surface area (Å²) >= 11 is 5.85. The second-order valence-corrected chi connectivity index (χ2v) is 4.85. The number of benzene rings is 1. The summed E-state index contributed by atoms with van der Waals surface area (Å²) < 4.78 is 10.6. The number of hydrogen-bond acceptors (Lipinski definition) is 5. The van der Waals surface area contributed by atoms with Crippen molar-refractivity contribution < 1.29 is 9.26 Å². The normalized spacial score (nSPS) is 16.7. The Balaban J connectivity index is 1.70. The van der Waals surface area contributed by atoms with E-state index in [1.54, 1.807) is 0 Å². The van der Waals surface area contributed by atoms with Gasteiger partial charge >= 0.3 is 0 Å². The highest BCUT2D eigenvalue weighted by Crippen LogP contribution is 2.20. The largest absolute Gasteiger partial charge is 0.379 e. The van der Waals surface area contributed by atoms with Crippen LogP contribution in [0, 0.1) is 0 Å². The molecular weight excluding hydrogens is 266 g/mol. The van der Waals surface area contributed by atoms with E-state index in [4.69, 9.17) is 20.9 Å². The molecule has 0 aliphatic carbocycles. The van der Waals surface area contributed by atoms with Crippen LogP contribution in [-0.4, -0.2) is 41.3 Å². The molecule has 0 unspecified atom stereocenters. The van der Waals surface area contributed by atoms with E-state index in [1.807, 2.05) is 24.3 Å². The van der Waals surface area contributed by atoms with Gasteiger partial charge in [-0.3, -0.25) is 4.90 Å².